The van der Waals surface area contributed by atoms with Gasteiger partial charge in [-0.1, -0.05) is 12.1 Å². The number of nitrogens with zero attached hydrogens (tertiary/aromatic N) is 2. The summed E-state index contributed by atoms with van der Waals surface area (Å²) in [5.41, 5.74) is 0.646. The molecule has 1 aliphatic carbocycles. The third kappa shape index (κ3) is 1.69. The quantitative estimate of drug-likeness (QED) is 0.609. The Kier molecular flexibility index (Phi) is 2.55. The average molecular weight is 258 g/mol. The summed E-state index contributed by atoms with van der Waals surface area (Å²) in [4.78, 5) is 28.4. The number of imidazole rings is 1. The maximum Gasteiger partial charge on any atom is 0.209 e. The lowest BCUT2D eigenvalue weighted by Crippen LogP contribution is -2.23. The minimum atomic E-state index is -0.854. The number of benzene rings is 1. The van der Waals surface area contributed by atoms with Gasteiger partial charge in [0.15, 0.2) is 11.6 Å². The monoisotopic (exact) mass is 258 g/mol. The topological polar surface area (TPSA) is 52.0 Å². The molecule has 1 aliphatic rings. The summed E-state index contributed by atoms with van der Waals surface area (Å²) in [5, 5.41) is 0. The third-order valence-corrected chi connectivity index (χ3v) is 3.47. The fourth-order valence-electron chi connectivity index (χ4n) is 2.45. The predicted molar refractivity (Wildman–Crippen MR) is 65.5 cm³/mol. The van der Waals surface area contributed by atoms with Crippen LogP contribution in [0.15, 0.2) is 30.6 Å². The molecular formula is C14H11FN2O2. The number of aryl methyl sites for hydroxylation is 1. The van der Waals surface area contributed by atoms with Gasteiger partial charge in [0.25, 0.3) is 0 Å². The van der Waals surface area contributed by atoms with E-state index in [1.54, 1.807) is 23.9 Å². The molecule has 96 valence electrons. The number of carbonyl (C=O) groups is 2. The van der Waals surface area contributed by atoms with Gasteiger partial charge in [0, 0.05) is 25.0 Å². The van der Waals surface area contributed by atoms with Crippen molar-refractivity contribution < 1.29 is 14.0 Å². The number of hydrogen-bond acceptors (Lipinski definition) is 3. The zero-order valence-electron chi connectivity index (χ0n) is 10.3. The SMILES string of the molecule is Cn1ccnc1C(=O)C1Cc2c(F)cccc2C1=O. The van der Waals surface area contributed by atoms with E-state index >= 15 is 0 Å². The molecule has 0 spiro atoms. The molecule has 4 nitrogen and oxygen atoms in total. The van der Waals surface area contributed by atoms with Gasteiger partial charge in [-0.05, 0) is 18.1 Å². The Hall–Kier alpha value is -2.30. The molecule has 0 saturated carbocycles. The van der Waals surface area contributed by atoms with E-state index in [-0.39, 0.29) is 23.8 Å². The van der Waals surface area contributed by atoms with E-state index < -0.39 is 11.7 Å². The number of halogens is 1. The van der Waals surface area contributed by atoms with Crippen LogP contribution in [0.1, 0.15) is 26.5 Å². The molecule has 3 rings (SSSR count). The molecule has 2 aromatic rings. The molecule has 0 radical (unpaired) electrons. The first-order valence-corrected chi connectivity index (χ1v) is 5.92. The largest absolute Gasteiger partial charge is 0.332 e. The smallest absolute Gasteiger partial charge is 0.209 e. The minimum Gasteiger partial charge on any atom is -0.332 e. The van der Waals surface area contributed by atoms with Crippen LogP contribution in [0.25, 0.3) is 0 Å². The minimum absolute atomic E-state index is 0.118. The molecule has 1 atom stereocenters. The molecule has 1 unspecified atom stereocenters. The number of fused-ring (bicyclic) bond motifs is 1. The Bertz CT molecular complexity index is 691. The first-order valence-electron chi connectivity index (χ1n) is 5.92. The van der Waals surface area contributed by atoms with Crippen LogP contribution in [0.2, 0.25) is 0 Å². The van der Waals surface area contributed by atoms with Crippen LogP contribution >= 0.6 is 0 Å². The highest BCUT2D eigenvalue weighted by Crippen LogP contribution is 2.30. The first-order chi connectivity index (χ1) is 9.09. The Morgan fingerprint density at radius 2 is 2.26 bits per heavy atom. The molecule has 1 aromatic heterocycles. The molecule has 0 aliphatic heterocycles. The van der Waals surface area contributed by atoms with Crippen LogP contribution in [0.5, 0.6) is 0 Å². The van der Waals surface area contributed by atoms with Crippen molar-refractivity contribution in [2.75, 3.05) is 0 Å². The van der Waals surface area contributed by atoms with Gasteiger partial charge < -0.3 is 4.57 Å². The lowest BCUT2D eigenvalue weighted by atomic mass is 9.99. The highest BCUT2D eigenvalue weighted by Gasteiger charge is 2.38. The van der Waals surface area contributed by atoms with Crippen molar-refractivity contribution in [2.24, 2.45) is 13.0 Å². The molecule has 19 heavy (non-hydrogen) atoms. The predicted octanol–water partition coefficient (Wildman–Crippen LogP) is 1.80. The second-order valence-corrected chi connectivity index (χ2v) is 4.61. The van der Waals surface area contributed by atoms with Crippen molar-refractivity contribution in [3.8, 4) is 0 Å². The van der Waals surface area contributed by atoms with Crippen molar-refractivity contribution in [2.45, 2.75) is 6.42 Å². The van der Waals surface area contributed by atoms with Gasteiger partial charge in [0.05, 0.1) is 5.92 Å². The van der Waals surface area contributed by atoms with Crippen molar-refractivity contribution >= 4 is 11.6 Å². The number of ketones is 2. The molecule has 0 saturated heterocycles. The molecule has 1 aromatic carbocycles. The van der Waals surface area contributed by atoms with Crippen molar-refractivity contribution in [1.29, 1.82) is 0 Å². The summed E-state index contributed by atoms with van der Waals surface area (Å²) in [6.07, 6.45) is 3.26. The summed E-state index contributed by atoms with van der Waals surface area (Å²) < 4.78 is 15.2. The zero-order chi connectivity index (χ0) is 13.6. The van der Waals surface area contributed by atoms with Crippen LogP contribution in [-0.2, 0) is 13.5 Å². The normalized spacial score (nSPS) is 17.6. The van der Waals surface area contributed by atoms with E-state index in [4.69, 9.17) is 0 Å². The van der Waals surface area contributed by atoms with Crippen LogP contribution < -0.4 is 0 Å². The van der Waals surface area contributed by atoms with Gasteiger partial charge in [0.2, 0.25) is 5.78 Å². The van der Waals surface area contributed by atoms with E-state index in [9.17, 15) is 14.0 Å². The van der Waals surface area contributed by atoms with Crippen LogP contribution in [0, 0.1) is 11.7 Å². The molecular weight excluding hydrogens is 247 g/mol. The maximum atomic E-state index is 13.6. The lowest BCUT2D eigenvalue weighted by molar-refractivity contribution is 0.0814. The van der Waals surface area contributed by atoms with E-state index in [1.807, 2.05) is 0 Å². The van der Waals surface area contributed by atoms with Crippen LogP contribution in [0.3, 0.4) is 0 Å². The molecule has 0 N–H and O–H groups in total. The molecule has 1 heterocycles. The molecule has 5 heteroatoms. The van der Waals surface area contributed by atoms with E-state index in [2.05, 4.69) is 4.98 Å². The summed E-state index contributed by atoms with van der Waals surface area (Å²) in [6, 6.07) is 4.35. The Morgan fingerprint density at radius 1 is 1.47 bits per heavy atom. The molecule has 0 fully saturated rings. The number of Topliss-reactive ketones (excluding diaryl/α,β-unsaturated/α-hetero) is 2. The van der Waals surface area contributed by atoms with E-state index in [0.717, 1.165) is 0 Å². The number of aromatic nitrogens is 2. The second-order valence-electron chi connectivity index (χ2n) is 4.61. The van der Waals surface area contributed by atoms with Crippen molar-refractivity contribution in [3.63, 3.8) is 0 Å². The lowest BCUT2D eigenvalue weighted by Gasteiger charge is -2.06. The summed E-state index contributed by atoms with van der Waals surface area (Å²) >= 11 is 0. The third-order valence-electron chi connectivity index (χ3n) is 3.47. The van der Waals surface area contributed by atoms with Gasteiger partial charge in [-0.25, -0.2) is 9.37 Å². The number of carbonyl (C=O) groups excluding carboxylic acids is 2. The van der Waals surface area contributed by atoms with Gasteiger partial charge >= 0.3 is 0 Å². The van der Waals surface area contributed by atoms with Crippen LogP contribution in [-0.4, -0.2) is 21.1 Å². The first kappa shape index (κ1) is 11.8. The fraction of sp³-hybridized carbons (Fsp3) is 0.214. The zero-order valence-corrected chi connectivity index (χ0v) is 10.3. The Morgan fingerprint density at radius 3 is 2.89 bits per heavy atom. The van der Waals surface area contributed by atoms with Crippen LogP contribution in [0.4, 0.5) is 4.39 Å². The highest BCUT2D eigenvalue weighted by molar-refractivity contribution is 6.17. The maximum absolute atomic E-state index is 13.6. The molecule has 0 bridgehead atoms. The van der Waals surface area contributed by atoms with E-state index in [0.29, 0.717) is 11.1 Å². The van der Waals surface area contributed by atoms with Crippen molar-refractivity contribution in [1.82, 2.24) is 9.55 Å². The molecule has 0 amide bonds. The summed E-state index contributed by atoms with van der Waals surface area (Å²) in [7, 11) is 1.69. The Balaban J connectivity index is 1.99. The summed E-state index contributed by atoms with van der Waals surface area (Å²) in [6.45, 7) is 0. The standard InChI is InChI=1S/C14H11FN2O2/c1-17-6-5-16-14(17)13(19)10-7-9-8(12(10)18)3-2-4-11(9)15/h2-6,10H,7H2,1H3. The highest BCUT2D eigenvalue weighted by atomic mass is 19.1. The fourth-order valence-corrected chi connectivity index (χ4v) is 2.45. The van der Waals surface area contributed by atoms with Gasteiger partial charge in [0.1, 0.15) is 5.82 Å². The van der Waals surface area contributed by atoms with Gasteiger partial charge in [-0.2, -0.15) is 0 Å². The summed E-state index contributed by atoms with van der Waals surface area (Å²) in [5.74, 6) is -1.73. The van der Waals surface area contributed by atoms with Gasteiger partial charge in [-0.15, -0.1) is 0 Å². The second kappa shape index (κ2) is 4.12. The van der Waals surface area contributed by atoms with Crippen molar-refractivity contribution in [3.05, 3.63) is 53.4 Å². The average Bonchev–Trinajstić information content (AvgIpc) is 2.95. The Labute approximate surface area is 108 Å². The van der Waals surface area contributed by atoms with E-state index in [1.165, 1.54) is 18.3 Å². The van der Waals surface area contributed by atoms with Gasteiger partial charge in [-0.3, -0.25) is 9.59 Å². The number of hydrogen-bond donors (Lipinski definition) is 0. The number of rotatable bonds is 2.